The smallest absolute Gasteiger partial charge is 0.278 e. The number of benzene rings is 2. The lowest BCUT2D eigenvalue weighted by atomic mass is 10.1. The number of nitrogens with zero attached hydrogens (tertiary/aromatic N) is 1. The predicted molar refractivity (Wildman–Crippen MR) is 101 cm³/mol. The molecule has 0 saturated heterocycles. The van der Waals surface area contributed by atoms with Gasteiger partial charge in [-0.2, -0.15) is 0 Å². The minimum absolute atomic E-state index is 0.218. The average molecular weight is 350 g/mol. The van der Waals surface area contributed by atoms with Crippen LogP contribution in [0.5, 0.6) is 5.75 Å². The highest BCUT2D eigenvalue weighted by Gasteiger charge is 2.21. The van der Waals surface area contributed by atoms with Crippen molar-refractivity contribution in [2.24, 2.45) is 0 Å². The van der Waals surface area contributed by atoms with E-state index in [2.05, 4.69) is 10.5 Å². The van der Waals surface area contributed by atoms with Crippen molar-refractivity contribution in [2.75, 3.05) is 5.32 Å². The van der Waals surface area contributed by atoms with Crippen LogP contribution in [0.3, 0.4) is 0 Å². The number of anilines is 1. The molecule has 5 nitrogen and oxygen atoms in total. The number of hydrogen-bond donors (Lipinski definition) is 1. The summed E-state index contributed by atoms with van der Waals surface area (Å²) in [5.74, 6) is 1.04. The minimum Gasteiger partial charge on any atom is -0.488 e. The normalized spacial score (nSPS) is 10.6. The number of para-hydroxylation sites is 1. The van der Waals surface area contributed by atoms with Crippen molar-refractivity contribution in [3.63, 3.8) is 0 Å². The largest absolute Gasteiger partial charge is 0.488 e. The number of carbonyl (C=O) groups excluding carboxylic acids is 1. The molecule has 5 heteroatoms. The lowest BCUT2D eigenvalue weighted by Gasteiger charge is -2.10. The van der Waals surface area contributed by atoms with E-state index in [-0.39, 0.29) is 18.2 Å². The van der Waals surface area contributed by atoms with Crippen molar-refractivity contribution >= 4 is 11.6 Å². The first-order valence-electron chi connectivity index (χ1n) is 8.48. The molecule has 0 radical (unpaired) electrons. The second kappa shape index (κ2) is 7.44. The molecule has 0 unspecified atom stereocenters. The van der Waals surface area contributed by atoms with Gasteiger partial charge in [-0.25, -0.2) is 0 Å². The molecule has 0 atom stereocenters. The van der Waals surface area contributed by atoms with Crippen molar-refractivity contribution in [3.8, 4) is 5.75 Å². The lowest BCUT2D eigenvalue weighted by molar-refractivity contribution is 0.101. The summed E-state index contributed by atoms with van der Waals surface area (Å²) in [6.45, 7) is 7.94. The summed E-state index contributed by atoms with van der Waals surface area (Å²) in [5, 5.41) is 6.83. The van der Waals surface area contributed by atoms with Crippen molar-refractivity contribution in [2.45, 2.75) is 34.3 Å². The van der Waals surface area contributed by atoms with Gasteiger partial charge in [0.15, 0.2) is 5.69 Å². The summed E-state index contributed by atoms with van der Waals surface area (Å²) in [7, 11) is 0. The highest BCUT2D eigenvalue weighted by molar-refractivity contribution is 6.04. The highest BCUT2D eigenvalue weighted by Crippen LogP contribution is 2.22. The van der Waals surface area contributed by atoms with E-state index in [1.165, 1.54) is 0 Å². The van der Waals surface area contributed by atoms with Gasteiger partial charge in [0.25, 0.3) is 5.91 Å². The standard InChI is InChI=1S/C21H22N2O3/c1-13-9-10-18(15(3)11-13)22-21(24)20-17(16(4)26-23-20)12-25-19-8-6-5-7-14(19)2/h5-11H,12H2,1-4H3,(H,22,24). The van der Waals surface area contributed by atoms with E-state index in [4.69, 9.17) is 9.26 Å². The Morgan fingerprint density at radius 1 is 1.08 bits per heavy atom. The van der Waals surface area contributed by atoms with Gasteiger partial charge < -0.3 is 14.6 Å². The Kier molecular flexibility index (Phi) is 5.07. The maximum atomic E-state index is 12.7. The van der Waals surface area contributed by atoms with Gasteiger partial charge in [-0.3, -0.25) is 4.79 Å². The number of amides is 1. The Balaban J connectivity index is 1.78. The van der Waals surface area contributed by atoms with Gasteiger partial charge in [0.2, 0.25) is 0 Å². The second-order valence-corrected chi connectivity index (χ2v) is 6.39. The first-order valence-corrected chi connectivity index (χ1v) is 8.48. The first-order chi connectivity index (χ1) is 12.5. The molecule has 26 heavy (non-hydrogen) atoms. The molecule has 0 bridgehead atoms. The Bertz CT molecular complexity index is 944. The monoisotopic (exact) mass is 350 g/mol. The zero-order valence-corrected chi connectivity index (χ0v) is 15.4. The summed E-state index contributed by atoms with van der Waals surface area (Å²) in [6, 6.07) is 13.6. The third-order valence-electron chi connectivity index (χ3n) is 4.30. The van der Waals surface area contributed by atoms with Crippen molar-refractivity contribution < 1.29 is 14.1 Å². The van der Waals surface area contributed by atoms with Crippen LogP contribution in [-0.4, -0.2) is 11.1 Å². The number of hydrogen-bond acceptors (Lipinski definition) is 4. The van der Waals surface area contributed by atoms with Crippen LogP contribution in [0, 0.1) is 27.7 Å². The van der Waals surface area contributed by atoms with Crippen LogP contribution in [0.25, 0.3) is 0 Å². The molecule has 3 aromatic rings. The summed E-state index contributed by atoms with van der Waals surface area (Å²) in [4.78, 5) is 12.7. The van der Waals surface area contributed by atoms with Crippen molar-refractivity contribution in [1.29, 1.82) is 0 Å². The molecule has 1 heterocycles. The van der Waals surface area contributed by atoms with Crippen LogP contribution in [-0.2, 0) is 6.61 Å². The van der Waals surface area contributed by atoms with Gasteiger partial charge in [-0.05, 0) is 51.0 Å². The Morgan fingerprint density at radius 3 is 2.58 bits per heavy atom. The van der Waals surface area contributed by atoms with E-state index < -0.39 is 0 Å². The Morgan fingerprint density at radius 2 is 1.85 bits per heavy atom. The van der Waals surface area contributed by atoms with Gasteiger partial charge in [-0.15, -0.1) is 0 Å². The summed E-state index contributed by atoms with van der Waals surface area (Å²) < 4.78 is 11.1. The molecule has 0 fully saturated rings. The molecular weight excluding hydrogens is 328 g/mol. The van der Waals surface area contributed by atoms with E-state index in [1.54, 1.807) is 6.92 Å². The predicted octanol–water partition coefficient (Wildman–Crippen LogP) is 4.74. The number of ether oxygens (including phenoxy) is 1. The van der Waals surface area contributed by atoms with Gasteiger partial charge in [-0.1, -0.05) is 41.1 Å². The van der Waals surface area contributed by atoms with Gasteiger partial charge in [0, 0.05) is 5.69 Å². The Hall–Kier alpha value is -3.08. The Labute approximate surface area is 153 Å². The third kappa shape index (κ3) is 3.77. The van der Waals surface area contributed by atoms with Crippen LogP contribution in [0.4, 0.5) is 5.69 Å². The van der Waals surface area contributed by atoms with E-state index in [9.17, 15) is 4.79 Å². The number of aryl methyl sites for hydroxylation is 4. The fraction of sp³-hybridized carbons (Fsp3) is 0.238. The number of rotatable bonds is 5. The summed E-state index contributed by atoms with van der Waals surface area (Å²) in [5.41, 5.74) is 4.82. The zero-order valence-electron chi connectivity index (χ0n) is 15.4. The topological polar surface area (TPSA) is 64.4 Å². The molecule has 1 amide bonds. The van der Waals surface area contributed by atoms with E-state index in [0.717, 1.165) is 28.1 Å². The average Bonchev–Trinajstić information content (AvgIpc) is 2.97. The summed E-state index contributed by atoms with van der Waals surface area (Å²) in [6.07, 6.45) is 0. The highest BCUT2D eigenvalue weighted by atomic mass is 16.5. The molecule has 2 aromatic carbocycles. The lowest BCUT2D eigenvalue weighted by Crippen LogP contribution is -2.16. The molecule has 0 spiro atoms. The van der Waals surface area contributed by atoms with E-state index >= 15 is 0 Å². The number of aromatic nitrogens is 1. The second-order valence-electron chi connectivity index (χ2n) is 6.39. The van der Waals surface area contributed by atoms with Crippen LogP contribution < -0.4 is 10.1 Å². The number of carbonyl (C=O) groups is 1. The fourth-order valence-corrected chi connectivity index (χ4v) is 2.74. The third-order valence-corrected chi connectivity index (χ3v) is 4.30. The van der Waals surface area contributed by atoms with E-state index in [1.807, 2.05) is 63.2 Å². The molecule has 0 aliphatic heterocycles. The van der Waals surface area contributed by atoms with Crippen molar-refractivity contribution in [1.82, 2.24) is 5.16 Å². The molecule has 0 aliphatic rings. The molecule has 0 saturated carbocycles. The van der Waals surface area contributed by atoms with E-state index in [0.29, 0.717) is 11.3 Å². The molecular formula is C21H22N2O3. The van der Waals surface area contributed by atoms with Crippen LogP contribution in [0.1, 0.15) is 38.5 Å². The fourth-order valence-electron chi connectivity index (χ4n) is 2.74. The SMILES string of the molecule is Cc1ccc(NC(=O)c2noc(C)c2COc2ccccc2C)c(C)c1. The molecule has 0 aliphatic carbocycles. The molecule has 134 valence electrons. The van der Waals surface area contributed by atoms with Crippen molar-refractivity contribution in [3.05, 3.63) is 76.2 Å². The molecule has 1 N–H and O–H groups in total. The quantitative estimate of drug-likeness (QED) is 0.722. The van der Waals surface area contributed by atoms with Gasteiger partial charge >= 0.3 is 0 Å². The van der Waals surface area contributed by atoms with Gasteiger partial charge in [0.1, 0.15) is 18.1 Å². The number of nitrogens with one attached hydrogen (secondary N) is 1. The minimum atomic E-state index is -0.308. The van der Waals surface area contributed by atoms with Crippen LogP contribution in [0.15, 0.2) is 47.0 Å². The molecule has 3 rings (SSSR count). The maximum Gasteiger partial charge on any atom is 0.278 e. The first kappa shape index (κ1) is 17.7. The van der Waals surface area contributed by atoms with Crippen LogP contribution in [0.2, 0.25) is 0 Å². The maximum absolute atomic E-state index is 12.7. The zero-order chi connectivity index (χ0) is 18.7. The molecule has 1 aromatic heterocycles. The summed E-state index contributed by atoms with van der Waals surface area (Å²) >= 11 is 0. The van der Waals surface area contributed by atoms with Gasteiger partial charge in [0.05, 0.1) is 5.56 Å². The van der Waals surface area contributed by atoms with Crippen LogP contribution >= 0.6 is 0 Å².